The number of ketones is 2. The Morgan fingerprint density at radius 1 is 0.519 bits per heavy atom. The topological polar surface area (TPSA) is 188 Å². The van der Waals surface area contributed by atoms with Crippen LogP contribution in [0.1, 0.15) is 176 Å². The van der Waals surface area contributed by atoms with E-state index in [9.17, 15) is 24.0 Å². The normalized spacial score (nSPS) is 16.3. The highest BCUT2D eigenvalue weighted by atomic mass is 79.9. The molecule has 16 heteroatoms. The maximum Gasteiger partial charge on any atom is 0.310 e. The minimum absolute atomic E-state index is 0. The van der Waals surface area contributed by atoms with Crippen LogP contribution in [-0.4, -0.2) is 76.1 Å². The van der Waals surface area contributed by atoms with Gasteiger partial charge in [-0.15, -0.1) is 12.4 Å². The van der Waals surface area contributed by atoms with E-state index in [2.05, 4.69) is 55.2 Å². The van der Waals surface area contributed by atoms with Crippen molar-refractivity contribution in [1.82, 2.24) is 0 Å². The number of Topliss-reactive ketones (excluding diaryl/α,β-unsaturated/α-hetero) is 2. The Kier molecular flexibility index (Phi) is 21.8. The lowest BCUT2D eigenvalue weighted by atomic mass is 10.0. The highest BCUT2D eigenvalue weighted by Gasteiger charge is 2.44. The number of hydrogen-bond acceptors (Lipinski definition) is 13. The van der Waals surface area contributed by atoms with Crippen LogP contribution in [0.15, 0.2) is 105 Å². The summed E-state index contributed by atoms with van der Waals surface area (Å²) in [4.78, 5) is 57.9. The molecule has 1 heterocycles. The number of carbonyl (C=O) groups excluding carboxylic acids is 5. The first-order valence-electron chi connectivity index (χ1n) is 27.4. The Hall–Kier alpha value is -5.84. The molecule has 0 bridgehead atoms. The van der Waals surface area contributed by atoms with Crippen molar-refractivity contribution >= 4 is 85.2 Å². The third kappa shape index (κ3) is 18.3. The Balaban J connectivity index is 0.000000164. The number of nitrogens with one attached hydrogen (secondary N) is 1. The van der Waals surface area contributed by atoms with Gasteiger partial charge in [-0.2, -0.15) is 0 Å². The molecule has 0 saturated carbocycles. The molecule has 11 rings (SSSR count). The largest absolute Gasteiger partial charge is 0.460 e. The first-order valence-corrected chi connectivity index (χ1v) is 29.0. The average molecular weight is 1260 g/mol. The molecular formula is C65H75Br2ClN2O11. The van der Waals surface area contributed by atoms with Gasteiger partial charge in [0.25, 0.3) is 0 Å². The van der Waals surface area contributed by atoms with E-state index in [1.807, 2.05) is 135 Å². The second-order valence-corrected chi connectivity index (χ2v) is 25.5. The van der Waals surface area contributed by atoms with Gasteiger partial charge in [0.1, 0.15) is 16.8 Å². The second kappa shape index (κ2) is 27.5. The van der Waals surface area contributed by atoms with E-state index in [1.165, 1.54) is 22.3 Å². The predicted molar refractivity (Wildman–Crippen MR) is 323 cm³/mol. The van der Waals surface area contributed by atoms with Crippen LogP contribution >= 0.6 is 44.3 Å². The second-order valence-electron chi connectivity index (χ2n) is 23.7. The molecule has 5 aromatic carbocycles. The van der Waals surface area contributed by atoms with E-state index in [4.69, 9.17) is 34.3 Å². The van der Waals surface area contributed by atoms with E-state index in [0.717, 1.165) is 129 Å². The Bertz CT molecular complexity index is 3100. The van der Waals surface area contributed by atoms with Gasteiger partial charge in [-0.05, 0) is 182 Å². The smallest absolute Gasteiger partial charge is 0.310 e. The zero-order valence-corrected chi connectivity index (χ0v) is 51.9. The van der Waals surface area contributed by atoms with Crippen molar-refractivity contribution in [1.29, 1.82) is 5.41 Å². The highest BCUT2D eigenvalue weighted by molar-refractivity contribution is 9.10. The number of halogens is 3. The number of ether oxygens (including phenoxy) is 5. The summed E-state index contributed by atoms with van der Waals surface area (Å²) in [5, 5.41) is 19.9. The predicted octanol–water partition coefficient (Wildman–Crippen LogP) is 13.9. The van der Waals surface area contributed by atoms with Gasteiger partial charge in [-0.25, -0.2) is 0 Å². The van der Waals surface area contributed by atoms with E-state index >= 15 is 0 Å². The van der Waals surface area contributed by atoms with Gasteiger partial charge in [-0.1, -0.05) is 104 Å². The molecule has 1 spiro atoms. The molecule has 5 aliphatic carbocycles. The first kappa shape index (κ1) is 64.3. The van der Waals surface area contributed by atoms with Crippen LogP contribution in [0.5, 0.6) is 0 Å². The SMILES string of the molecule is Brc1ccc2c(c1)CCC21OCCO1.CC(C)(C)OC(=O)Cc1ccc2c(c1)CC/C2=N/O.CC(C)(C)OC(=O)Cc1ccc2c(c1)CCC2=N.CC(C)(C)OC(=O)Cc1ccc2c(c1)CCC2=O.Cl.O=C1CCc2cc(Br)ccc21. The lowest BCUT2D eigenvalue weighted by molar-refractivity contribution is -0.163. The van der Waals surface area contributed by atoms with Crippen molar-refractivity contribution in [3.8, 4) is 0 Å². The standard InChI is InChI=1S/C15H19NO3.C15H19NO2.C15H18O3.C11H11BrO2.C9H7BrO.ClH/c1-15(2,3)19-14(17)9-10-4-6-12-11(8-10)5-7-13(12)16-18;2*1-15(2,3)18-14(17)9-10-4-6-12-11(8-10)5-7-13(12)16;12-9-1-2-10-8(7-9)3-4-11(10)13-5-6-14-11;10-7-2-3-8-6(5-7)1-4-9(8)11;/h4,6,8,18H,5,7,9H2,1-3H3;4,6,8,16H,5,7,9H2,1-3H3;4,6,8H,5,7,9H2,1-3H3;1-2,7H,3-6H2;2-3,5H,1,4H2;1H/b16-13-;;;;;. The highest BCUT2D eigenvalue weighted by Crippen LogP contribution is 2.44. The molecule has 0 radical (unpaired) electrons. The van der Waals surface area contributed by atoms with Gasteiger partial charge in [0, 0.05) is 56.2 Å². The number of fused-ring (bicyclic) bond motifs is 6. The van der Waals surface area contributed by atoms with Crippen molar-refractivity contribution in [2.45, 2.75) is 168 Å². The van der Waals surface area contributed by atoms with Crippen LogP contribution in [-0.2, 0) is 95.2 Å². The molecule has 0 aromatic heterocycles. The van der Waals surface area contributed by atoms with Crippen LogP contribution in [0.4, 0.5) is 0 Å². The molecule has 13 nitrogen and oxygen atoms in total. The van der Waals surface area contributed by atoms with E-state index < -0.39 is 22.6 Å². The van der Waals surface area contributed by atoms with Gasteiger partial charge in [0.2, 0.25) is 0 Å². The van der Waals surface area contributed by atoms with Crippen LogP contribution in [0.3, 0.4) is 0 Å². The van der Waals surface area contributed by atoms with Crippen LogP contribution in [0.2, 0.25) is 0 Å². The molecule has 81 heavy (non-hydrogen) atoms. The number of hydrogen-bond donors (Lipinski definition) is 2. The molecule has 0 unspecified atom stereocenters. The summed E-state index contributed by atoms with van der Waals surface area (Å²) in [6.07, 6.45) is 9.15. The van der Waals surface area contributed by atoms with Gasteiger partial charge >= 0.3 is 17.9 Å². The number of nitrogens with zero attached hydrogens (tertiary/aromatic N) is 1. The molecule has 2 N–H and O–H groups in total. The number of aryl methyl sites for hydroxylation is 5. The molecule has 1 fully saturated rings. The monoisotopic (exact) mass is 1250 g/mol. The Labute approximate surface area is 499 Å². The Morgan fingerprint density at radius 3 is 1.38 bits per heavy atom. The molecular weight excluding hydrogens is 1180 g/mol. The third-order valence-electron chi connectivity index (χ3n) is 13.7. The Morgan fingerprint density at radius 2 is 0.901 bits per heavy atom. The lowest BCUT2D eigenvalue weighted by Gasteiger charge is -2.22. The number of oxime groups is 1. The minimum atomic E-state index is -0.455. The minimum Gasteiger partial charge on any atom is -0.460 e. The molecule has 6 aliphatic rings. The number of carbonyl (C=O) groups is 5. The fraction of sp³-hybridized carbons (Fsp3) is 0.431. The van der Waals surface area contributed by atoms with E-state index in [-0.39, 0.29) is 54.7 Å². The van der Waals surface area contributed by atoms with Gasteiger partial charge in [0.15, 0.2) is 17.4 Å². The molecule has 1 aliphatic heterocycles. The summed E-state index contributed by atoms with van der Waals surface area (Å²) < 4.78 is 29.5. The fourth-order valence-electron chi connectivity index (χ4n) is 10.4. The zero-order chi connectivity index (χ0) is 58.2. The number of benzene rings is 5. The molecule has 432 valence electrons. The summed E-state index contributed by atoms with van der Waals surface area (Å²) in [6, 6.07) is 29.5. The maximum atomic E-state index is 11.8. The van der Waals surface area contributed by atoms with Crippen molar-refractivity contribution in [3.63, 3.8) is 0 Å². The maximum absolute atomic E-state index is 11.8. The average Bonchev–Trinajstić information content (AvgIpc) is 4.34. The lowest BCUT2D eigenvalue weighted by Crippen LogP contribution is -2.24. The zero-order valence-electron chi connectivity index (χ0n) is 47.9. The van der Waals surface area contributed by atoms with Crippen molar-refractivity contribution < 1.29 is 52.9 Å². The van der Waals surface area contributed by atoms with Crippen molar-refractivity contribution in [2.24, 2.45) is 5.16 Å². The first-order chi connectivity index (χ1) is 37.7. The van der Waals surface area contributed by atoms with Gasteiger partial charge in [-0.3, -0.25) is 24.0 Å². The summed E-state index contributed by atoms with van der Waals surface area (Å²) in [7, 11) is 0. The number of esters is 3. The summed E-state index contributed by atoms with van der Waals surface area (Å²) in [5.41, 5.74) is 13.8. The molecule has 5 aromatic rings. The third-order valence-corrected chi connectivity index (χ3v) is 14.7. The molecule has 0 atom stereocenters. The van der Waals surface area contributed by atoms with Crippen LogP contribution < -0.4 is 0 Å². The van der Waals surface area contributed by atoms with Crippen molar-refractivity contribution in [3.05, 3.63) is 172 Å². The van der Waals surface area contributed by atoms with E-state index in [1.54, 1.807) is 0 Å². The molecule has 1 saturated heterocycles. The number of rotatable bonds is 6. The summed E-state index contributed by atoms with van der Waals surface area (Å²) >= 11 is 6.85. The van der Waals surface area contributed by atoms with E-state index in [0.29, 0.717) is 25.0 Å². The van der Waals surface area contributed by atoms with Crippen molar-refractivity contribution in [2.75, 3.05) is 13.2 Å². The quantitative estimate of drug-likeness (QED) is 0.0712. The van der Waals surface area contributed by atoms with Gasteiger partial charge in [0.05, 0.1) is 38.2 Å². The fourth-order valence-corrected chi connectivity index (χ4v) is 11.2. The van der Waals surface area contributed by atoms with Gasteiger partial charge < -0.3 is 34.3 Å². The summed E-state index contributed by atoms with van der Waals surface area (Å²) in [6.45, 7) is 18.2. The van der Waals surface area contributed by atoms with Crippen LogP contribution in [0, 0.1) is 5.41 Å². The van der Waals surface area contributed by atoms with Crippen LogP contribution in [0.25, 0.3) is 0 Å². The molecule has 0 amide bonds. The summed E-state index contributed by atoms with van der Waals surface area (Å²) in [5.74, 6) is -0.569.